The molecule has 2 aromatic heterocycles. The lowest BCUT2D eigenvalue weighted by molar-refractivity contribution is 0.758. The van der Waals surface area contributed by atoms with Gasteiger partial charge in [0.25, 0.3) is 0 Å². The molecule has 2 aromatic rings. The molecule has 0 aliphatic heterocycles. The van der Waals surface area contributed by atoms with E-state index in [2.05, 4.69) is 14.5 Å². The number of hydrogen-bond acceptors (Lipinski definition) is 3. The molecule has 0 fully saturated rings. The van der Waals surface area contributed by atoms with E-state index in [-0.39, 0.29) is 0 Å². The van der Waals surface area contributed by atoms with Gasteiger partial charge >= 0.3 is 0 Å². The first-order chi connectivity index (χ1) is 8.22. The number of aryl methyl sites for hydroxylation is 2. The molecule has 0 atom stereocenters. The molecule has 0 aromatic carbocycles. The minimum Gasteiger partial charge on any atom is -0.335 e. The maximum atomic E-state index is 5.71. The summed E-state index contributed by atoms with van der Waals surface area (Å²) in [6.45, 7) is 2.50. The standard InChI is InChI=1S/C13H18N4/c1-10-16-12(9-14)13(17(10)2)7-6-11-5-3-4-8-15-11/h3-5,8H,6-7,9,14H2,1-2H3. The summed E-state index contributed by atoms with van der Waals surface area (Å²) in [5, 5.41) is 0. The van der Waals surface area contributed by atoms with Gasteiger partial charge in [-0.2, -0.15) is 0 Å². The third-order valence-electron chi connectivity index (χ3n) is 3.06. The van der Waals surface area contributed by atoms with E-state index >= 15 is 0 Å². The van der Waals surface area contributed by atoms with Crippen LogP contribution >= 0.6 is 0 Å². The van der Waals surface area contributed by atoms with Gasteiger partial charge in [-0.25, -0.2) is 4.98 Å². The Morgan fingerprint density at radius 1 is 1.29 bits per heavy atom. The minimum atomic E-state index is 0.499. The molecule has 90 valence electrons. The van der Waals surface area contributed by atoms with Crippen LogP contribution in [0.4, 0.5) is 0 Å². The molecule has 0 saturated carbocycles. The van der Waals surface area contributed by atoms with E-state index in [9.17, 15) is 0 Å². The SMILES string of the molecule is Cc1nc(CN)c(CCc2ccccn2)n1C. The summed E-state index contributed by atoms with van der Waals surface area (Å²) in [4.78, 5) is 8.78. The number of pyridine rings is 1. The summed E-state index contributed by atoms with van der Waals surface area (Å²) in [5.74, 6) is 1.02. The molecule has 0 aliphatic carbocycles. The van der Waals surface area contributed by atoms with Gasteiger partial charge in [0, 0.05) is 31.2 Å². The predicted molar refractivity (Wildman–Crippen MR) is 67.5 cm³/mol. The van der Waals surface area contributed by atoms with Crippen molar-refractivity contribution in [2.45, 2.75) is 26.3 Å². The van der Waals surface area contributed by atoms with Crippen molar-refractivity contribution in [1.82, 2.24) is 14.5 Å². The molecular formula is C13H18N4. The van der Waals surface area contributed by atoms with Crippen molar-refractivity contribution in [1.29, 1.82) is 0 Å². The molecule has 0 amide bonds. The van der Waals surface area contributed by atoms with Crippen molar-refractivity contribution in [3.05, 3.63) is 47.3 Å². The first-order valence-electron chi connectivity index (χ1n) is 5.83. The fourth-order valence-electron chi connectivity index (χ4n) is 1.99. The molecule has 2 rings (SSSR count). The third-order valence-corrected chi connectivity index (χ3v) is 3.06. The van der Waals surface area contributed by atoms with Crippen LogP contribution in [0.5, 0.6) is 0 Å². The molecule has 0 saturated heterocycles. The summed E-state index contributed by atoms with van der Waals surface area (Å²) < 4.78 is 2.12. The van der Waals surface area contributed by atoms with E-state index in [1.54, 1.807) is 0 Å². The maximum absolute atomic E-state index is 5.71. The van der Waals surface area contributed by atoms with Crippen molar-refractivity contribution in [3.8, 4) is 0 Å². The van der Waals surface area contributed by atoms with Crippen LogP contribution in [0.25, 0.3) is 0 Å². The first kappa shape index (κ1) is 11.8. The van der Waals surface area contributed by atoms with Crippen molar-refractivity contribution in [3.63, 3.8) is 0 Å². The smallest absolute Gasteiger partial charge is 0.105 e. The Bertz CT molecular complexity index is 488. The van der Waals surface area contributed by atoms with Crippen LogP contribution in [0.2, 0.25) is 0 Å². The second-order valence-corrected chi connectivity index (χ2v) is 4.14. The van der Waals surface area contributed by atoms with E-state index in [1.165, 1.54) is 5.69 Å². The van der Waals surface area contributed by atoms with Gasteiger partial charge in [0.2, 0.25) is 0 Å². The Hall–Kier alpha value is -1.68. The lowest BCUT2D eigenvalue weighted by Gasteiger charge is -2.05. The number of nitrogens with two attached hydrogens (primary N) is 1. The largest absolute Gasteiger partial charge is 0.335 e. The molecule has 4 nitrogen and oxygen atoms in total. The third kappa shape index (κ3) is 2.53. The van der Waals surface area contributed by atoms with Gasteiger partial charge in [0.15, 0.2) is 0 Å². The van der Waals surface area contributed by atoms with Crippen LogP contribution in [0.15, 0.2) is 24.4 Å². The van der Waals surface area contributed by atoms with Crippen LogP contribution in [-0.4, -0.2) is 14.5 Å². The van der Waals surface area contributed by atoms with E-state index < -0.39 is 0 Å². The molecular weight excluding hydrogens is 212 g/mol. The Morgan fingerprint density at radius 3 is 2.76 bits per heavy atom. The maximum Gasteiger partial charge on any atom is 0.105 e. The van der Waals surface area contributed by atoms with E-state index in [4.69, 9.17) is 5.73 Å². The van der Waals surface area contributed by atoms with Crippen LogP contribution in [0.1, 0.15) is 22.9 Å². The summed E-state index contributed by atoms with van der Waals surface area (Å²) >= 11 is 0. The topological polar surface area (TPSA) is 56.7 Å². The lowest BCUT2D eigenvalue weighted by atomic mass is 10.1. The van der Waals surface area contributed by atoms with Gasteiger partial charge < -0.3 is 10.3 Å². The van der Waals surface area contributed by atoms with Gasteiger partial charge in [-0.3, -0.25) is 4.98 Å². The van der Waals surface area contributed by atoms with Crippen LogP contribution in [-0.2, 0) is 26.4 Å². The summed E-state index contributed by atoms with van der Waals surface area (Å²) in [7, 11) is 2.04. The van der Waals surface area contributed by atoms with Crippen molar-refractivity contribution in [2.24, 2.45) is 12.8 Å². The summed E-state index contributed by atoms with van der Waals surface area (Å²) in [6.07, 6.45) is 3.68. The number of hydrogen-bond donors (Lipinski definition) is 1. The molecule has 0 bridgehead atoms. The molecule has 17 heavy (non-hydrogen) atoms. The Labute approximate surface area is 102 Å². The molecule has 4 heteroatoms. The highest BCUT2D eigenvalue weighted by molar-refractivity contribution is 5.18. The van der Waals surface area contributed by atoms with E-state index in [0.29, 0.717) is 6.54 Å². The molecule has 0 radical (unpaired) electrons. The fourth-order valence-corrected chi connectivity index (χ4v) is 1.99. The van der Waals surface area contributed by atoms with Crippen molar-refractivity contribution in [2.75, 3.05) is 0 Å². The summed E-state index contributed by atoms with van der Waals surface area (Å²) in [5.41, 5.74) is 9.04. The molecule has 0 aliphatic rings. The molecule has 2 heterocycles. The van der Waals surface area contributed by atoms with Gasteiger partial charge in [0.05, 0.1) is 5.69 Å². The highest BCUT2D eigenvalue weighted by Gasteiger charge is 2.10. The van der Waals surface area contributed by atoms with E-state index in [0.717, 1.165) is 30.1 Å². The average molecular weight is 230 g/mol. The normalized spacial score (nSPS) is 10.8. The Morgan fingerprint density at radius 2 is 2.12 bits per heavy atom. The second kappa shape index (κ2) is 5.10. The molecule has 0 unspecified atom stereocenters. The quantitative estimate of drug-likeness (QED) is 0.863. The number of aromatic nitrogens is 3. The monoisotopic (exact) mass is 230 g/mol. The van der Waals surface area contributed by atoms with Gasteiger partial charge in [-0.05, 0) is 31.9 Å². The number of nitrogens with zero attached hydrogens (tertiary/aromatic N) is 3. The van der Waals surface area contributed by atoms with Gasteiger partial charge in [-0.15, -0.1) is 0 Å². The zero-order valence-electron chi connectivity index (χ0n) is 10.3. The van der Waals surface area contributed by atoms with Crippen molar-refractivity contribution >= 4 is 0 Å². The summed E-state index contributed by atoms with van der Waals surface area (Å²) in [6, 6.07) is 6.00. The minimum absolute atomic E-state index is 0.499. The van der Waals surface area contributed by atoms with E-state index in [1.807, 2.05) is 38.4 Å². The molecule has 0 spiro atoms. The Balaban J connectivity index is 2.14. The Kier molecular flexibility index (Phi) is 3.54. The fraction of sp³-hybridized carbons (Fsp3) is 0.385. The second-order valence-electron chi connectivity index (χ2n) is 4.14. The van der Waals surface area contributed by atoms with Crippen LogP contribution < -0.4 is 5.73 Å². The number of imidazole rings is 1. The lowest BCUT2D eigenvalue weighted by Crippen LogP contribution is -2.06. The van der Waals surface area contributed by atoms with Crippen LogP contribution in [0.3, 0.4) is 0 Å². The predicted octanol–water partition coefficient (Wildman–Crippen LogP) is 1.37. The first-order valence-corrected chi connectivity index (χ1v) is 5.83. The zero-order chi connectivity index (χ0) is 12.3. The van der Waals surface area contributed by atoms with Crippen molar-refractivity contribution < 1.29 is 0 Å². The van der Waals surface area contributed by atoms with Gasteiger partial charge in [0.1, 0.15) is 5.82 Å². The number of rotatable bonds is 4. The molecule has 2 N–H and O–H groups in total. The highest BCUT2D eigenvalue weighted by Crippen LogP contribution is 2.12. The average Bonchev–Trinajstić information content (AvgIpc) is 2.64. The zero-order valence-corrected chi connectivity index (χ0v) is 10.3. The van der Waals surface area contributed by atoms with Gasteiger partial charge in [-0.1, -0.05) is 6.07 Å². The van der Waals surface area contributed by atoms with Crippen LogP contribution in [0, 0.1) is 6.92 Å². The highest BCUT2D eigenvalue weighted by atomic mass is 15.1.